The number of hydrogen-bond acceptors (Lipinski definition) is 2. The fourth-order valence-corrected chi connectivity index (χ4v) is 1.68. The summed E-state index contributed by atoms with van der Waals surface area (Å²) in [6.07, 6.45) is -2.34. The van der Waals surface area contributed by atoms with E-state index in [1.54, 1.807) is 12.1 Å². The lowest BCUT2D eigenvalue weighted by Crippen LogP contribution is -2.06. The van der Waals surface area contributed by atoms with Crippen LogP contribution in [-0.2, 0) is 15.7 Å². The zero-order valence-electron chi connectivity index (χ0n) is 8.70. The number of ether oxygens (including phenoxy) is 1. The maximum Gasteiger partial charge on any atom is 0.416 e. The normalized spacial score (nSPS) is 19.7. The largest absolute Gasteiger partial charge is 0.482 e. The molecule has 1 aliphatic rings. The molecule has 0 saturated carbocycles. The van der Waals surface area contributed by atoms with Gasteiger partial charge in [-0.3, -0.25) is 4.79 Å². The lowest BCUT2D eigenvalue weighted by molar-refractivity contribution is -0.137. The maximum absolute atomic E-state index is 12.5. The van der Waals surface area contributed by atoms with Gasteiger partial charge in [-0.15, -0.1) is 0 Å². The first-order chi connectivity index (χ1) is 8.00. The molecule has 1 heterocycles. The van der Waals surface area contributed by atoms with Gasteiger partial charge >= 0.3 is 6.18 Å². The number of rotatable bonds is 2. The van der Waals surface area contributed by atoms with Crippen LogP contribution in [0.2, 0.25) is 0 Å². The lowest BCUT2D eigenvalue weighted by Gasteiger charge is -2.14. The molecular formula is C12H9F3O2. The van der Waals surface area contributed by atoms with Crippen LogP contribution in [-0.4, -0.2) is 6.29 Å². The predicted octanol–water partition coefficient (Wildman–Crippen LogP) is 3.25. The molecule has 90 valence electrons. The van der Waals surface area contributed by atoms with Gasteiger partial charge in [-0.1, -0.05) is 12.1 Å². The molecule has 0 aliphatic carbocycles. The Balaban J connectivity index is 2.21. The number of alkyl halides is 3. The van der Waals surface area contributed by atoms with E-state index in [0.717, 1.165) is 12.1 Å². The van der Waals surface area contributed by atoms with Crippen LogP contribution in [0, 0.1) is 0 Å². The van der Waals surface area contributed by atoms with E-state index in [1.165, 1.54) is 6.07 Å². The number of hydrogen-bond donors (Lipinski definition) is 0. The average molecular weight is 242 g/mol. The van der Waals surface area contributed by atoms with Gasteiger partial charge in [0.1, 0.15) is 6.10 Å². The minimum Gasteiger partial charge on any atom is -0.482 e. The maximum atomic E-state index is 12.5. The van der Waals surface area contributed by atoms with E-state index < -0.39 is 17.8 Å². The Morgan fingerprint density at radius 3 is 2.71 bits per heavy atom. The summed E-state index contributed by atoms with van der Waals surface area (Å²) < 4.78 is 42.7. The van der Waals surface area contributed by atoms with Crippen molar-refractivity contribution < 1.29 is 22.7 Å². The molecule has 1 aromatic carbocycles. The first-order valence-electron chi connectivity index (χ1n) is 5.00. The Bertz CT molecular complexity index is 463. The summed E-state index contributed by atoms with van der Waals surface area (Å²) in [5, 5.41) is 0. The van der Waals surface area contributed by atoms with Crippen molar-refractivity contribution in [2.75, 3.05) is 0 Å². The molecule has 5 heteroatoms. The number of carbonyl (C=O) groups excluding carboxylic acids is 1. The molecule has 2 rings (SSSR count). The predicted molar refractivity (Wildman–Crippen MR) is 54.0 cm³/mol. The minimum atomic E-state index is -4.37. The summed E-state index contributed by atoms with van der Waals surface area (Å²) in [5.74, 6) is 0.174. The highest BCUT2D eigenvalue weighted by Gasteiger charge is 2.31. The Kier molecular flexibility index (Phi) is 2.92. The number of allylic oxidation sites excluding steroid dienone is 1. The van der Waals surface area contributed by atoms with E-state index in [9.17, 15) is 18.0 Å². The van der Waals surface area contributed by atoms with Gasteiger partial charge in [-0.2, -0.15) is 13.2 Å². The third-order valence-corrected chi connectivity index (χ3v) is 2.51. The number of carbonyl (C=O) groups is 1. The highest BCUT2D eigenvalue weighted by atomic mass is 19.4. The van der Waals surface area contributed by atoms with Gasteiger partial charge in [0.15, 0.2) is 12.0 Å². The van der Waals surface area contributed by atoms with Crippen LogP contribution in [0.1, 0.15) is 23.7 Å². The summed E-state index contributed by atoms with van der Waals surface area (Å²) >= 11 is 0. The van der Waals surface area contributed by atoms with Crippen LogP contribution in [0.3, 0.4) is 0 Å². The van der Waals surface area contributed by atoms with Crippen molar-refractivity contribution in [2.24, 2.45) is 0 Å². The zero-order chi connectivity index (χ0) is 12.5. The van der Waals surface area contributed by atoms with Gasteiger partial charge in [-0.05, 0) is 23.8 Å². The Hall–Kier alpha value is -1.78. The van der Waals surface area contributed by atoms with Crippen LogP contribution in [0.25, 0.3) is 0 Å². The molecule has 0 amide bonds. The van der Waals surface area contributed by atoms with Gasteiger partial charge in [0.25, 0.3) is 0 Å². The SMILES string of the molecule is O=CC1=CCC(c2cccc(C(F)(F)F)c2)O1. The number of aldehydes is 1. The summed E-state index contributed by atoms with van der Waals surface area (Å²) in [6, 6.07) is 4.95. The fourth-order valence-electron chi connectivity index (χ4n) is 1.68. The summed E-state index contributed by atoms with van der Waals surface area (Å²) in [5.41, 5.74) is -0.286. The molecule has 0 saturated heterocycles. The van der Waals surface area contributed by atoms with Crippen molar-refractivity contribution in [3.05, 3.63) is 47.2 Å². The van der Waals surface area contributed by atoms with Crippen molar-refractivity contribution >= 4 is 6.29 Å². The quantitative estimate of drug-likeness (QED) is 0.744. The molecule has 0 spiro atoms. The van der Waals surface area contributed by atoms with Crippen LogP contribution in [0.5, 0.6) is 0 Å². The van der Waals surface area contributed by atoms with E-state index in [2.05, 4.69) is 0 Å². The Labute approximate surface area is 95.7 Å². The highest BCUT2D eigenvalue weighted by Crippen LogP contribution is 2.34. The molecule has 2 nitrogen and oxygen atoms in total. The van der Waals surface area contributed by atoms with Gasteiger partial charge in [0.05, 0.1) is 5.56 Å². The van der Waals surface area contributed by atoms with E-state index in [1.807, 2.05) is 0 Å². The lowest BCUT2D eigenvalue weighted by atomic mass is 10.0. The first kappa shape index (κ1) is 11.7. The second kappa shape index (κ2) is 4.24. The smallest absolute Gasteiger partial charge is 0.416 e. The molecule has 0 fully saturated rings. The van der Waals surface area contributed by atoms with Crippen LogP contribution in [0.15, 0.2) is 36.1 Å². The van der Waals surface area contributed by atoms with Gasteiger partial charge in [-0.25, -0.2) is 0 Å². The van der Waals surface area contributed by atoms with Crippen LogP contribution in [0.4, 0.5) is 13.2 Å². The molecule has 0 bridgehead atoms. The van der Waals surface area contributed by atoms with E-state index >= 15 is 0 Å². The summed E-state index contributed by atoms with van der Waals surface area (Å²) in [7, 11) is 0. The third-order valence-electron chi connectivity index (χ3n) is 2.51. The molecule has 1 aliphatic heterocycles. The molecule has 0 radical (unpaired) electrons. The van der Waals surface area contributed by atoms with Crippen molar-refractivity contribution in [3.8, 4) is 0 Å². The Morgan fingerprint density at radius 1 is 1.35 bits per heavy atom. The van der Waals surface area contributed by atoms with E-state index in [-0.39, 0.29) is 5.76 Å². The fraction of sp³-hybridized carbons (Fsp3) is 0.250. The van der Waals surface area contributed by atoms with Crippen molar-refractivity contribution in [1.82, 2.24) is 0 Å². The third kappa shape index (κ3) is 2.49. The molecule has 0 aromatic heterocycles. The van der Waals surface area contributed by atoms with Crippen molar-refractivity contribution in [1.29, 1.82) is 0 Å². The first-order valence-corrected chi connectivity index (χ1v) is 5.00. The number of halogens is 3. The second-order valence-electron chi connectivity index (χ2n) is 3.69. The molecule has 0 N–H and O–H groups in total. The summed E-state index contributed by atoms with van der Waals surface area (Å²) in [6.45, 7) is 0. The van der Waals surface area contributed by atoms with Gasteiger partial charge < -0.3 is 4.74 Å². The molecule has 1 aromatic rings. The standard InChI is InChI=1S/C12H9F3O2/c13-12(14,15)9-3-1-2-8(6-9)11-5-4-10(7-16)17-11/h1-4,6-7,11H,5H2. The van der Waals surface area contributed by atoms with Crippen molar-refractivity contribution in [2.45, 2.75) is 18.7 Å². The number of benzene rings is 1. The summed E-state index contributed by atoms with van der Waals surface area (Å²) in [4.78, 5) is 10.4. The minimum absolute atomic E-state index is 0.174. The monoisotopic (exact) mass is 242 g/mol. The zero-order valence-corrected chi connectivity index (χ0v) is 8.70. The van der Waals surface area contributed by atoms with Gasteiger partial charge in [0.2, 0.25) is 0 Å². The van der Waals surface area contributed by atoms with Crippen LogP contribution < -0.4 is 0 Å². The van der Waals surface area contributed by atoms with Gasteiger partial charge in [0, 0.05) is 6.42 Å². The van der Waals surface area contributed by atoms with Crippen LogP contribution >= 0.6 is 0 Å². The molecule has 1 atom stereocenters. The second-order valence-corrected chi connectivity index (χ2v) is 3.69. The topological polar surface area (TPSA) is 26.3 Å². The molecule has 17 heavy (non-hydrogen) atoms. The Morgan fingerprint density at radius 2 is 2.12 bits per heavy atom. The van der Waals surface area contributed by atoms with E-state index in [4.69, 9.17) is 4.74 Å². The van der Waals surface area contributed by atoms with E-state index in [0.29, 0.717) is 18.3 Å². The highest BCUT2D eigenvalue weighted by molar-refractivity contribution is 5.70. The average Bonchev–Trinajstić information content (AvgIpc) is 2.76. The molecular weight excluding hydrogens is 233 g/mol. The van der Waals surface area contributed by atoms with Crippen molar-refractivity contribution in [3.63, 3.8) is 0 Å². The molecule has 1 unspecified atom stereocenters.